The van der Waals surface area contributed by atoms with Crippen molar-refractivity contribution in [2.75, 3.05) is 13.2 Å². The number of carboxylic acids is 1. The molecule has 2 aromatic carbocycles. The van der Waals surface area contributed by atoms with E-state index in [-0.39, 0.29) is 36.6 Å². The van der Waals surface area contributed by atoms with E-state index in [1.54, 1.807) is 13.8 Å². The SMILES string of the molecule is CC(C)N(CC(=O)O)C(=O)c1cc(CNC(=O)OCC2c3ccccc3-c3ccccc32)on1. The maximum absolute atomic E-state index is 12.6. The molecule has 1 aliphatic carbocycles. The highest BCUT2D eigenvalue weighted by Crippen LogP contribution is 2.44. The minimum atomic E-state index is -1.12. The Bertz CT molecular complexity index is 1170. The monoisotopic (exact) mass is 463 g/mol. The van der Waals surface area contributed by atoms with Gasteiger partial charge in [0.05, 0.1) is 6.54 Å². The molecule has 0 saturated heterocycles. The van der Waals surface area contributed by atoms with E-state index in [9.17, 15) is 14.4 Å². The maximum Gasteiger partial charge on any atom is 0.407 e. The first-order valence-corrected chi connectivity index (χ1v) is 10.9. The van der Waals surface area contributed by atoms with E-state index in [1.807, 2.05) is 36.4 Å². The van der Waals surface area contributed by atoms with Crippen LogP contribution in [0.1, 0.15) is 47.1 Å². The Labute approximate surface area is 196 Å². The topological polar surface area (TPSA) is 122 Å². The molecule has 0 fully saturated rings. The van der Waals surface area contributed by atoms with Crippen molar-refractivity contribution >= 4 is 18.0 Å². The molecular weight excluding hydrogens is 438 g/mol. The van der Waals surface area contributed by atoms with Gasteiger partial charge in [0.25, 0.3) is 5.91 Å². The molecule has 0 unspecified atom stereocenters. The van der Waals surface area contributed by atoms with Crippen LogP contribution >= 0.6 is 0 Å². The van der Waals surface area contributed by atoms with E-state index < -0.39 is 24.5 Å². The van der Waals surface area contributed by atoms with Crippen LogP contribution in [-0.4, -0.2) is 52.3 Å². The highest BCUT2D eigenvalue weighted by molar-refractivity contribution is 5.94. The zero-order valence-electron chi connectivity index (χ0n) is 18.9. The van der Waals surface area contributed by atoms with E-state index in [0.717, 1.165) is 22.3 Å². The average molecular weight is 463 g/mol. The molecule has 0 radical (unpaired) electrons. The molecule has 0 bridgehead atoms. The van der Waals surface area contributed by atoms with Gasteiger partial charge in [-0.05, 0) is 36.1 Å². The van der Waals surface area contributed by atoms with Crippen LogP contribution in [-0.2, 0) is 16.1 Å². The second-order valence-electron chi connectivity index (χ2n) is 8.28. The molecule has 1 aliphatic rings. The molecule has 2 N–H and O–H groups in total. The van der Waals surface area contributed by atoms with Crippen LogP contribution in [0.3, 0.4) is 0 Å². The van der Waals surface area contributed by atoms with Crippen LogP contribution in [0.2, 0.25) is 0 Å². The molecule has 0 spiro atoms. The molecule has 3 aromatic rings. The van der Waals surface area contributed by atoms with Gasteiger partial charge in [0.15, 0.2) is 11.5 Å². The van der Waals surface area contributed by atoms with Crippen molar-refractivity contribution < 1.29 is 28.8 Å². The number of benzene rings is 2. The maximum atomic E-state index is 12.6. The number of fused-ring (bicyclic) bond motifs is 3. The third kappa shape index (κ3) is 4.78. The quantitative estimate of drug-likeness (QED) is 0.523. The number of nitrogens with zero attached hydrogens (tertiary/aromatic N) is 2. The third-order valence-corrected chi connectivity index (χ3v) is 5.72. The van der Waals surface area contributed by atoms with Gasteiger partial charge in [0, 0.05) is 18.0 Å². The van der Waals surface area contributed by atoms with Crippen LogP contribution in [0, 0.1) is 0 Å². The number of carbonyl (C=O) groups is 3. The highest BCUT2D eigenvalue weighted by atomic mass is 16.5. The first kappa shape index (κ1) is 23.0. The van der Waals surface area contributed by atoms with Crippen LogP contribution in [0.25, 0.3) is 11.1 Å². The molecule has 2 amide bonds. The normalized spacial score (nSPS) is 12.2. The molecular formula is C25H25N3O6. The van der Waals surface area contributed by atoms with E-state index in [4.69, 9.17) is 14.4 Å². The second kappa shape index (κ2) is 9.78. The Balaban J connectivity index is 1.34. The van der Waals surface area contributed by atoms with Crippen molar-refractivity contribution in [1.82, 2.24) is 15.4 Å². The summed E-state index contributed by atoms with van der Waals surface area (Å²) < 4.78 is 10.6. The Kier molecular flexibility index (Phi) is 6.62. The number of hydrogen-bond donors (Lipinski definition) is 2. The molecule has 4 rings (SSSR count). The lowest BCUT2D eigenvalue weighted by Gasteiger charge is -2.23. The summed E-state index contributed by atoms with van der Waals surface area (Å²) in [4.78, 5) is 37.1. The van der Waals surface area contributed by atoms with Crippen molar-refractivity contribution in [3.63, 3.8) is 0 Å². The standard InChI is InChI=1S/C25H25N3O6/c1-15(2)28(13-23(29)30)24(31)22-11-16(34-27-22)12-26-25(32)33-14-21-19-9-5-3-7-17(19)18-8-4-6-10-20(18)21/h3-11,15,21H,12-14H2,1-2H3,(H,26,32)(H,29,30). The molecule has 34 heavy (non-hydrogen) atoms. The molecule has 1 aromatic heterocycles. The van der Waals surface area contributed by atoms with Crippen molar-refractivity contribution in [3.8, 4) is 11.1 Å². The van der Waals surface area contributed by atoms with Crippen molar-refractivity contribution in [2.24, 2.45) is 0 Å². The minimum Gasteiger partial charge on any atom is -0.480 e. The number of rotatable bonds is 8. The Morgan fingerprint density at radius 1 is 1.09 bits per heavy atom. The minimum absolute atomic E-state index is 0.0284. The predicted octanol–water partition coefficient (Wildman–Crippen LogP) is 3.65. The number of hydrogen-bond acceptors (Lipinski definition) is 6. The lowest BCUT2D eigenvalue weighted by atomic mass is 9.98. The molecule has 9 nitrogen and oxygen atoms in total. The number of aromatic nitrogens is 1. The van der Waals surface area contributed by atoms with Crippen molar-refractivity contribution in [3.05, 3.63) is 77.2 Å². The number of ether oxygens (including phenoxy) is 1. The Morgan fingerprint density at radius 2 is 1.71 bits per heavy atom. The van der Waals surface area contributed by atoms with Gasteiger partial charge < -0.3 is 24.6 Å². The van der Waals surface area contributed by atoms with Crippen molar-refractivity contribution in [1.29, 1.82) is 0 Å². The van der Waals surface area contributed by atoms with Gasteiger partial charge >= 0.3 is 12.1 Å². The first-order valence-electron chi connectivity index (χ1n) is 10.9. The number of nitrogens with one attached hydrogen (secondary N) is 1. The van der Waals surface area contributed by atoms with E-state index in [0.29, 0.717) is 0 Å². The summed E-state index contributed by atoms with van der Waals surface area (Å²) in [5.41, 5.74) is 4.49. The smallest absolute Gasteiger partial charge is 0.407 e. The largest absolute Gasteiger partial charge is 0.480 e. The van der Waals surface area contributed by atoms with Crippen molar-refractivity contribution in [2.45, 2.75) is 32.4 Å². The van der Waals surface area contributed by atoms with Crippen LogP contribution in [0.5, 0.6) is 0 Å². The zero-order valence-corrected chi connectivity index (χ0v) is 18.9. The summed E-state index contributed by atoms with van der Waals surface area (Å²) in [6.45, 7) is 3.12. The lowest BCUT2D eigenvalue weighted by Crippen LogP contribution is -2.40. The first-order chi connectivity index (χ1) is 16.3. The van der Waals surface area contributed by atoms with Gasteiger partial charge in [0.2, 0.25) is 0 Å². The van der Waals surface area contributed by atoms with E-state index in [1.165, 1.54) is 11.0 Å². The average Bonchev–Trinajstić information content (AvgIpc) is 3.42. The summed E-state index contributed by atoms with van der Waals surface area (Å²) in [7, 11) is 0. The number of alkyl carbamates (subject to hydrolysis) is 1. The van der Waals surface area contributed by atoms with Crippen LogP contribution in [0.4, 0.5) is 4.79 Å². The summed E-state index contributed by atoms with van der Waals surface area (Å²) in [6, 6.07) is 17.2. The molecule has 1 heterocycles. The number of carboxylic acid groups (broad SMARTS) is 1. The molecule has 0 aliphatic heterocycles. The molecule has 176 valence electrons. The Morgan fingerprint density at radius 3 is 2.29 bits per heavy atom. The molecule has 9 heteroatoms. The van der Waals surface area contributed by atoms with Crippen LogP contribution in [0.15, 0.2) is 59.1 Å². The van der Waals surface area contributed by atoms with Gasteiger partial charge in [-0.3, -0.25) is 9.59 Å². The fourth-order valence-corrected chi connectivity index (χ4v) is 4.09. The Hall–Kier alpha value is -4.14. The summed E-state index contributed by atoms with van der Waals surface area (Å²) in [5.74, 6) is -1.49. The summed E-state index contributed by atoms with van der Waals surface area (Å²) >= 11 is 0. The van der Waals surface area contributed by atoms with Gasteiger partial charge in [-0.25, -0.2) is 4.79 Å². The fraction of sp³-hybridized carbons (Fsp3) is 0.280. The van der Waals surface area contributed by atoms with E-state index >= 15 is 0 Å². The fourth-order valence-electron chi connectivity index (χ4n) is 4.09. The third-order valence-electron chi connectivity index (χ3n) is 5.72. The van der Waals surface area contributed by atoms with Crippen LogP contribution < -0.4 is 5.32 Å². The van der Waals surface area contributed by atoms with Gasteiger partial charge in [0.1, 0.15) is 13.2 Å². The predicted molar refractivity (Wildman–Crippen MR) is 122 cm³/mol. The molecule has 0 saturated carbocycles. The lowest BCUT2D eigenvalue weighted by molar-refractivity contribution is -0.138. The zero-order chi connectivity index (χ0) is 24.2. The van der Waals surface area contributed by atoms with Gasteiger partial charge in [-0.2, -0.15) is 0 Å². The van der Waals surface area contributed by atoms with Gasteiger partial charge in [-0.1, -0.05) is 53.7 Å². The summed E-state index contributed by atoms with van der Waals surface area (Å²) in [5, 5.41) is 15.3. The van der Waals surface area contributed by atoms with Gasteiger partial charge in [-0.15, -0.1) is 0 Å². The number of carbonyl (C=O) groups excluding carboxylic acids is 2. The second-order valence-corrected chi connectivity index (χ2v) is 8.28. The highest BCUT2D eigenvalue weighted by Gasteiger charge is 2.29. The van der Waals surface area contributed by atoms with E-state index in [2.05, 4.69) is 22.6 Å². The number of aliphatic carboxylic acids is 1. The molecule has 0 atom stereocenters. The number of amides is 2. The summed E-state index contributed by atoms with van der Waals surface area (Å²) in [6.07, 6.45) is -0.624.